The number of aliphatic carboxylic acids is 1. The number of carbonyl (C=O) groups is 1. The average molecular weight is 245 g/mol. The summed E-state index contributed by atoms with van der Waals surface area (Å²) in [5.41, 5.74) is 3.20. The van der Waals surface area contributed by atoms with E-state index >= 15 is 0 Å². The summed E-state index contributed by atoms with van der Waals surface area (Å²) >= 11 is 0. The van der Waals surface area contributed by atoms with Gasteiger partial charge in [0.1, 0.15) is 0 Å². The number of hydrogen-bond donors (Lipinski definition) is 2. The van der Waals surface area contributed by atoms with Gasteiger partial charge in [-0.3, -0.25) is 0 Å². The van der Waals surface area contributed by atoms with E-state index in [9.17, 15) is 4.79 Å². The summed E-state index contributed by atoms with van der Waals surface area (Å²) in [6.07, 6.45) is 4.51. The molecule has 2 aromatic rings. The molecule has 0 unspecified atom stereocenters. The zero-order chi connectivity index (χ0) is 13.0. The lowest BCUT2D eigenvalue weighted by molar-refractivity contribution is -0.131. The van der Waals surface area contributed by atoms with Crippen molar-refractivity contribution in [3.63, 3.8) is 0 Å². The van der Waals surface area contributed by atoms with E-state index < -0.39 is 5.97 Å². The van der Waals surface area contributed by atoms with Crippen LogP contribution in [0.5, 0.6) is 0 Å². The van der Waals surface area contributed by atoms with Crippen LogP contribution in [0.15, 0.2) is 36.7 Å². The molecule has 0 saturated heterocycles. The molecule has 2 N–H and O–H groups in total. The van der Waals surface area contributed by atoms with E-state index in [1.807, 2.05) is 29.8 Å². The summed E-state index contributed by atoms with van der Waals surface area (Å²) in [5.74, 6) is -0.924. The van der Waals surface area contributed by atoms with Crippen LogP contribution in [-0.4, -0.2) is 27.2 Å². The van der Waals surface area contributed by atoms with Gasteiger partial charge in [0, 0.05) is 26.2 Å². The van der Waals surface area contributed by atoms with E-state index in [1.54, 1.807) is 12.4 Å². The monoisotopic (exact) mass is 245 g/mol. The third-order valence-corrected chi connectivity index (χ3v) is 2.64. The molecular weight excluding hydrogens is 230 g/mol. The zero-order valence-corrected chi connectivity index (χ0v) is 10.1. The predicted octanol–water partition coefficient (Wildman–Crippen LogP) is 1.30. The highest BCUT2D eigenvalue weighted by Crippen LogP contribution is 2.13. The van der Waals surface area contributed by atoms with Gasteiger partial charge in [-0.15, -0.1) is 0 Å². The third kappa shape index (κ3) is 2.95. The molecule has 1 heterocycles. The predicted molar refractivity (Wildman–Crippen MR) is 69.2 cm³/mol. The number of fused-ring (bicyclic) bond motifs is 1. The standard InChI is InChI=1S/C13H15N3O2/c1-16-9-15-11-7-10(4-5-12(11)16)8-14-6-2-3-13(17)18/h2-5,7,9,14H,6,8H2,1H3,(H,17,18)/b3-2+. The van der Waals surface area contributed by atoms with Crippen molar-refractivity contribution in [2.45, 2.75) is 6.54 Å². The lowest BCUT2D eigenvalue weighted by Gasteiger charge is -2.02. The van der Waals surface area contributed by atoms with Crippen LogP contribution >= 0.6 is 0 Å². The molecule has 0 spiro atoms. The first-order valence-corrected chi connectivity index (χ1v) is 5.67. The van der Waals surface area contributed by atoms with Gasteiger partial charge < -0.3 is 15.0 Å². The van der Waals surface area contributed by atoms with Crippen LogP contribution in [0.3, 0.4) is 0 Å². The van der Waals surface area contributed by atoms with Crippen LogP contribution in [0.1, 0.15) is 5.56 Å². The average Bonchev–Trinajstić information content (AvgIpc) is 2.70. The Morgan fingerprint density at radius 3 is 3.17 bits per heavy atom. The molecule has 0 saturated carbocycles. The molecule has 0 aliphatic rings. The maximum absolute atomic E-state index is 10.3. The number of aryl methyl sites for hydroxylation is 1. The van der Waals surface area contributed by atoms with Crippen molar-refractivity contribution < 1.29 is 9.90 Å². The summed E-state index contributed by atoms with van der Waals surface area (Å²) in [4.78, 5) is 14.5. The first-order valence-electron chi connectivity index (χ1n) is 5.67. The molecule has 0 atom stereocenters. The van der Waals surface area contributed by atoms with Crippen molar-refractivity contribution >= 4 is 17.0 Å². The maximum atomic E-state index is 10.3. The van der Waals surface area contributed by atoms with Gasteiger partial charge in [0.05, 0.1) is 17.4 Å². The molecule has 1 aromatic heterocycles. The molecule has 0 aliphatic heterocycles. The van der Waals surface area contributed by atoms with Crippen molar-refractivity contribution in [1.82, 2.24) is 14.9 Å². The Balaban J connectivity index is 1.94. The van der Waals surface area contributed by atoms with Crippen molar-refractivity contribution in [2.75, 3.05) is 6.54 Å². The SMILES string of the molecule is Cn1cnc2cc(CNC/C=C/C(=O)O)ccc21. The van der Waals surface area contributed by atoms with Crippen LogP contribution in [0.2, 0.25) is 0 Å². The van der Waals surface area contributed by atoms with Crippen LogP contribution < -0.4 is 5.32 Å². The van der Waals surface area contributed by atoms with Gasteiger partial charge in [-0.2, -0.15) is 0 Å². The van der Waals surface area contributed by atoms with Gasteiger partial charge in [0.25, 0.3) is 0 Å². The number of nitrogens with one attached hydrogen (secondary N) is 1. The number of imidazole rings is 1. The fraction of sp³-hybridized carbons (Fsp3) is 0.231. The minimum Gasteiger partial charge on any atom is -0.478 e. The molecule has 2 rings (SSSR count). The second-order valence-corrected chi connectivity index (χ2v) is 4.05. The Kier molecular flexibility index (Phi) is 3.74. The molecule has 0 aliphatic carbocycles. The molecular formula is C13H15N3O2. The van der Waals surface area contributed by atoms with Gasteiger partial charge in [0.2, 0.25) is 0 Å². The minimum absolute atomic E-state index is 0.534. The fourth-order valence-corrected chi connectivity index (χ4v) is 1.75. The number of carboxylic acid groups (broad SMARTS) is 1. The number of nitrogens with zero attached hydrogens (tertiary/aromatic N) is 2. The van der Waals surface area contributed by atoms with Crippen molar-refractivity contribution in [2.24, 2.45) is 7.05 Å². The van der Waals surface area contributed by atoms with Crippen molar-refractivity contribution in [1.29, 1.82) is 0 Å². The van der Waals surface area contributed by atoms with E-state index in [0.717, 1.165) is 22.7 Å². The number of rotatable bonds is 5. The van der Waals surface area contributed by atoms with Crippen LogP contribution in [0.4, 0.5) is 0 Å². The molecule has 0 fully saturated rings. The normalized spacial score (nSPS) is 11.4. The Morgan fingerprint density at radius 1 is 1.56 bits per heavy atom. The molecule has 18 heavy (non-hydrogen) atoms. The lowest BCUT2D eigenvalue weighted by Crippen LogP contribution is -2.13. The Labute approximate surface area is 105 Å². The Hall–Kier alpha value is -2.14. The van der Waals surface area contributed by atoms with Crippen molar-refractivity contribution in [3.8, 4) is 0 Å². The molecule has 0 bridgehead atoms. The third-order valence-electron chi connectivity index (χ3n) is 2.64. The summed E-state index contributed by atoms with van der Waals surface area (Å²) in [7, 11) is 1.96. The van der Waals surface area contributed by atoms with Crippen molar-refractivity contribution in [3.05, 3.63) is 42.2 Å². The van der Waals surface area contributed by atoms with E-state index in [-0.39, 0.29) is 0 Å². The van der Waals surface area contributed by atoms with Gasteiger partial charge in [0.15, 0.2) is 0 Å². The highest BCUT2D eigenvalue weighted by Gasteiger charge is 2.00. The smallest absolute Gasteiger partial charge is 0.328 e. The second-order valence-electron chi connectivity index (χ2n) is 4.05. The molecule has 0 amide bonds. The van der Waals surface area contributed by atoms with Gasteiger partial charge in [-0.1, -0.05) is 12.1 Å². The van der Waals surface area contributed by atoms with E-state index in [0.29, 0.717) is 13.1 Å². The topological polar surface area (TPSA) is 67.2 Å². The molecule has 5 nitrogen and oxygen atoms in total. The van der Waals surface area contributed by atoms with E-state index in [1.165, 1.54) is 0 Å². The summed E-state index contributed by atoms with van der Waals surface area (Å²) in [6, 6.07) is 6.10. The first-order chi connectivity index (χ1) is 8.66. The first kappa shape index (κ1) is 12.3. The summed E-state index contributed by atoms with van der Waals surface area (Å²) in [6.45, 7) is 1.23. The fourth-order valence-electron chi connectivity index (χ4n) is 1.75. The Bertz CT molecular complexity index is 587. The van der Waals surface area contributed by atoms with Crippen LogP contribution in [-0.2, 0) is 18.4 Å². The van der Waals surface area contributed by atoms with Gasteiger partial charge in [-0.25, -0.2) is 9.78 Å². The second kappa shape index (κ2) is 5.46. The molecule has 0 radical (unpaired) electrons. The number of hydrogen-bond acceptors (Lipinski definition) is 3. The van der Waals surface area contributed by atoms with Gasteiger partial charge in [-0.05, 0) is 17.7 Å². The Morgan fingerprint density at radius 2 is 2.39 bits per heavy atom. The zero-order valence-electron chi connectivity index (χ0n) is 10.1. The highest BCUT2D eigenvalue weighted by molar-refractivity contribution is 5.79. The molecule has 94 valence electrons. The number of aromatic nitrogens is 2. The largest absolute Gasteiger partial charge is 0.478 e. The minimum atomic E-state index is -0.924. The maximum Gasteiger partial charge on any atom is 0.328 e. The number of benzene rings is 1. The summed E-state index contributed by atoms with van der Waals surface area (Å²) < 4.78 is 1.97. The lowest BCUT2D eigenvalue weighted by atomic mass is 10.2. The number of carboxylic acids is 1. The van der Waals surface area contributed by atoms with Crippen LogP contribution in [0.25, 0.3) is 11.0 Å². The van der Waals surface area contributed by atoms with E-state index in [2.05, 4.69) is 10.3 Å². The van der Waals surface area contributed by atoms with Crippen LogP contribution in [0, 0.1) is 0 Å². The molecule has 5 heteroatoms. The summed E-state index contributed by atoms with van der Waals surface area (Å²) in [5, 5.41) is 11.6. The quantitative estimate of drug-likeness (QED) is 0.615. The molecule has 1 aromatic carbocycles. The van der Waals surface area contributed by atoms with Gasteiger partial charge >= 0.3 is 5.97 Å². The highest BCUT2D eigenvalue weighted by atomic mass is 16.4. The van der Waals surface area contributed by atoms with E-state index in [4.69, 9.17) is 5.11 Å².